The minimum absolute atomic E-state index is 0.127. The van der Waals surface area contributed by atoms with Crippen LogP contribution in [0.2, 0.25) is 0 Å². The van der Waals surface area contributed by atoms with E-state index in [0.717, 1.165) is 5.56 Å². The standard InChI is InChI=1S/C17H24N2O3S/c1-4-15(20)13-23-16(18-17(21)22-6-3)19(5-2)12-14-10-8-7-9-11-14/h7-11H,4-6,12-13H2,1-3H3/b18-16-. The van der Waals surface area contributed by atoms with Crippen molar-refractivity contribution in [2.75, 3.05) is 18.9 Å². The van der Waals surface area contributed by atoms with Gasteiger partial charge in [-0.3, -0.25) is 4.79 Å². The molecule has 0 aromatic heterocycles. The minimum Gasteiger partial charge on any atom is -0.448 e. The molecule has 0 aliphatic carbocycles. The first-order chi connectivity index (χ1) is 11.1. The van der Waals surface area contributed by atoms with Crippen LogP contribution < -0.4 is 0 Å². The van der Waals surface area contributed by atoms with Gasteiger partial charge in [0.15, 0.2) is 5.17 Å². The van der Waals surface area contributed by atoms with Gasteiger partial charge in [0.2, 0.25) is 0 Å². The van der Waals surface area contributed by atoms with E-state index < -0.39 is 6.09 Å². The second kappa shape index (κ2) is 10.8. The third kappa shape index (κ3) is 7.32. The summed E-state index contributed by atoms with van der Waals surface area (Å²) in [6.45, 7) is 7.14. The Labute approximate surface area is 142 Å². The van der Waals surface area contributed by atoms with Crippen LogP contribution in [0.1, 0.15) is 32.8 Å². The predicted octanol–water partition coefficient (Wildman–Crippen LogP) is 3.73. The van der Waals surface area contributed by atoms with Gasteiger partial charge in [-0.05, 0) is 19.4 Å². The molecule has 0 heterocycles. The third-order valence-corrected chi connectivity index (χ3v) is 4.15. The highest BCUT2D eigenvalue weighted by Gasteiger charge is 2.15. The molecule has 0 aliphatic heterocycles. The minimum atomic E-state index is -0.620. The molecular weight excluding hydrogens is 312 g/mol. The van der Waals surface area contributed by atoms with Crippen molar-refractivity contribution in [3.63, 3.8) is 0 Å². The fourth-order valence-electron chi connectivity index (χ4n) is 1.79. The van der Waals surface area contributed by atoms with Crippen LogP contribution in [0.3, 0.4) is 0 Å². The molecule has 0 unspecified atom stereocenters. The molecule has 5 nitrogen and oxygen atoms in total. The van der Waals surface area contributed by atoms with E-state index in [9.17, 15) is 9.59 Å². The molecule has 1 aromatic carbocycles. The highest BCUT2D eigenvalue weighted by atomic mass is 32.2. The Morgan fingerprint density at radius 1 is 1.17 bits per heavy atom. The summed E-state index contributed by atoms with van der Waals surface area (Å²) in [5.74, 6) is 0.433. The van der Waals surface area contributed by atoms with Crippen LogP contribution in [-0.4, -0.2) is 40.8 Å². The number of hydrogen-bond donors (Lipinski definition) is 0. The fourth-order valence-corrected chi connectivity index (χ4v) is 2.80. The summed E-state index contributed by atoms with van der Waals surface area (Å²) in [6.07, 6.45) is -0.143. The van der Waals surface area contributed by atoms with Crippen LogP contribution in [0.5, 0.6) is 0 Å². The molecule has 1 rings (SSSR count). The number of Topliss-reactive ketones (excluding diaryl/α,β-unsaturated/α-hetero) is 1. The molecular formula is C17H24N2O3S. The van der Waals surface area contributed by atoms with E-state index in [0.29, 0.717) is 30.4 Å². The summed E-state index contributed by atoms with van der Waals surface area (Å²) in [5.41, 5.74) is 1.12. The summed E-state index contributed by atoms with van der Waals surface area (Å²) in [7, 11) is 0. The Kier molecular flexibility index (Phi) is 9.05. The lowest BCUT2D eigenvalue weighted by atomic mass is 10.2. The van der Waals surface area contributed by atoms with Gasteiger partial charge in [0.1, 0.15) is 5.78 Å². The zero-order valence-electron chi connectivity index (χ0n) is 13.9. The molecule has 0 saturated carbocycles. The quantitative estimate of drug-likeness (QED) is 0.561. The highest BCUT2D eigenvalue weighted by Crippen LogP contribution is 2.15. The van der Waals surface area contributed by atoms with Crippen LogP contribution in [-0.2, 0) is 16.1 Å². The maximum absolute atomic E-state index is 11.7. The number of benzene rings is 1. The zero-order chi connectivity index (χ0) is 17.1. The maximum Gasteiger partial charge on any atom is 0.436 e. The molecule has 0 radical (unpaired) electrons. The van der Waals surface area contributed by atoms with Gasteiger partial charge in [-0.15, -0.1) is 0 Å². The second-order valence-electron chi connectivity index (χ2n) is 4.77. The van der Waals surface area contributed by atoms with E-state index in [2.05, 4.69) is 4.99 Å². The molecule has 0 atom stereocenters. The van der Waals surface area contributed by atoms with Crippen molar-refractivity contribution >= 4 is 28.8 Å². The van der Waals surface area contributed by atoms with E-state index >= 15 is 0 Å². The molecule has 0 fully saturated rings. The van der Waals surface area contributed by atoms with Crippen molar-refractivity contribution in [3.8, 4) is 0 Å². The number of amidine groups is 1. The summed E-state index contributed by atoms with van der Waals surface area (Å²) >= 11 is 1.29. The van der Waals surface area contributed by atoms with Crippen LogP contribution >= 0.6 is 11.8 Å². The topological polar surface area (TPSA) is 59.0 Å². The Hall–Kier alpha value is -1.82. The number of hydrogen-bond acceptors (Lipinski definition) is 4. The van der Waals surface area contributed by atoms with Crippen LogP contribution in [0.15, 0.2) is 35.3 Å². The van der Waals surface area contributed by atoms with Crippen molar-refractivity contribution in [2.45, 2.75) is 33.7 Å². The first-order valence-electron chi connectivity index (χ1n) is 7.79. The molecule has 6 heteroatoms. The number of amides is 1. The van der Waals surface area contributed by atoms with E-state index in [1.807, 2.05) is 49.1 Å². The predicted molar refractivity (Wildman–Crippen MR) is 94.7 cm³/mol. The zero-order valence-corrected chi connectivity index (χ0v) is 14.8. The van der Waals surface area contributed by atoms with Crippen molar-refractivity contribution in [1.82, 2.24) is 4.90 Å². The summed E-state index contributed by atoms with van der Waals surface area (Å²) in [5, 5.41) is 0.525. The van der Waals surface area contributed by atoms with Crippen molar-refractivity contribution in [3.05, 3.63) is 35.9 Å². The normalized spacial score (nSPS) is 11.2. The average molecular weight is 336 g/mol. The number of rotatable bonds is 7. The number of aliphatic imine (C=N–C) groups is 1. The molecule has 1 amide bonds. The molecule has 23 heavy (non-hydrogen) atoms. The monoisotopic (exact) mass is 336 g/mol. The summed E-state index contributed by atoms with van der Waals surface area (Å²) < 4.78 is 4.90. The lowest BCUT2D eigenvalue weighted by molar-refractivity contribution is -0.116. The Morgan fingerprint density at radius 3 is 2.43 bits per heavy atom. The number of carbonyl (C=O) groups excluding carboxylic acids is 2. The Balaban J connectivity index is 2.89. The summed E-state index contributed by atoms with van der Waals surface area (Å²) in [6, 6.07) is 9.94. The van der Waals surface area contributed by atoms with E-state index in [-0.39, 0.29) is 12.4 Å². The number of thioether (sulfide) groups is 1. The van der Waals surface area contributed by atoms with Crippen molar-refractivity contribution in [2.24, 2.45) is 4.99 Å². The third-order valence-electron chi connectivity index (χ3n) is 3.08. The first kappa shape index (κ1) is 19.2. The molecule has 126 valence electrons. The van der Waals surface area contributed by atoms with E-state index in [4.69, 9.17) is 4.74 Å². The molecule has 0 spiro atoms. The molecule has 0 bridgehead atoms. The van der Waals surface area contributed by atoms with Crippen LogP contribution in [0.25, 0.3) is 0 Å². The van der Waals surface area contributed by atoms with Gasteiger partial charge in [-0.1, -0.05) is 49.0 Å². The maximum atomic E-state index is 11.7. The number of ether oxygens (including phenoxy) is 1. The van der Waals surface area contributed by atoms with Gasteiger partial charge in [-0.25, -0.2) is 4.79 Å². The van der Waals surface area contributed by atoms with Gasteiger partial charge in [0, 0.05) is 19.5 Å². The lowest BCUT2D eigenvalue weighted by Crippen LogP contribution is -2.30. The fraction of sp³-hybridized carbons (Fsp3) is 0.471. The smallest absolute Gasteiger partial charge is 0.436 e. The molecule has 0 N–H and O–H groups in total. The van der Waals surface area contributed by atoms with Gasteiger partial charge in [0.05, 0.1) is 12.4 Å². The molecule has 0 saturated heterocycles. The Bertz CT molecular complexity index is 532. The number of nitrogens with zero attached hydrogens (tertiary/aromatic N) is 2. The average Bonchev–Trinajstić information content (AvgIpc) is 2.57. The van der Waals surface area contributed by atoms with Gasteiger partial charge < -0.3 is 9.64 Å². The summed E-state index contributed by atoms with van der Waals surface area (Å²) in [4.78, 5) is 29.3. The Morgan fingerprint density at radius 2 is 1.87 bits per heavy atom. The van der Waals surface area contributed by atoms with E-state index in [1.165, 1.54) is 11.8 Å². The van der Waals surface area contributed by atoms with Crippen molar-refractivity contribution < 1.29 is 14.3 Å². The highest BCUT2D eigenvalue weighted by molar-refractivity contribution is 8.14. The van der Waals surface area contributed by atoms with Gasteiger partial charge in [0.25, 0.3) is 0 Å². The number of carbonyl (C=O) groups is 2. The largest absolute Gasteiger partial charge is 0.448 e. The SMILES string of the molecule is CCOC(=O)/N=C(\SCC(=O)CC)N(CC)Cc1ccccc1. The van der Waals surface area contributed by atoms with Gasteiger partial charge >= 0.3 is 6.09 Å². The first-order valence-corrected chi connectivity index (χ1v) is 8.78. The van der Waals surface area contributed by atoms with Crippen molar-refractivity contribution in [1.29, 1.82) is 0 Å². The number of ketones is 1. The van der Waals surface area contributed by atoms with Gasteiger partial charge in [-0.2, -0.15) is 4.99 Å². The molecule has 1 aromatic rings. The molecule has 0 aliphatic rings. The second-order valence-corrected chi connectivity index (χ2v) is 5.72. The van der Waals surface area contributed by atoms with Crippen LogP contribution in [0, 0.1) is 0 Å². The lowest BCUT2D eigenvalue weighted by Gasteiger charge is -2.23. The van der Waals surface area contributed by atoms with Crippen LogP contribution in [0.4, 0.5) is 4.79 Å². The van der Waals surface area contributed by atoms with E-state index in [1.54, 1.807) is 6.92 Å².